The number of benzene rings is 3. The maximum absolute atomic E-state index is 12.5. The van der Waals surface area contributed by atoms with E-state index in [0.717, 1.165) is 29.7 Å². The Labute approximate surface area is 194 Å². The Bertz CT molecular complexity index is 1120. The molecule has 33 heavy (non-hydrogen) atoms. The van der Waals surface area contributed by atoms with Gasteiger partial charge in [0.25, 0.3) is 11.8 Å². The molecule has 170 valence electrons. The van der Waals surface area contributed by atoms with Gasteiger partial charge < -0.3 is 19.7 Å². The van der Waals surface area contributed by atoms with Crippen LogP contribution in [0.1, 0.15) is 23.1 Å². The van der Waals surface area contributed by atoms with Crippen LogP contribution in [0.15, 0.2) is 66.7 Å². The molecule has 6 nitrogen and oxygen atoms in total. The van der Waals surface area contributed by atoms with Gasteiger partial charge in [-0.2, -0.15) is 0 Å². The van der Waals surface area contributed by atoms with Gasteiger partial charge in [-0.3, -0.25) is 9.59 Å². The maximum atomic E-state index is 12.5. The second kappa shape index (κ2) is 10.2. The molecule has 1 aliphatic rings. The fourth-order valence-electron chi connectivity index (χ4n) is 3.97. The van der Waals surface area contributed by atoms with Crippen LogP contribution in [0.25, 0.3) is 0 Å². The van der Waals surface area contributed by atoms with E-state index in [2.05, 4.69) is 17.4 Å². The average Bonchev–Trinajstić information content (AvgIpc) is 2.81. The van der Waals surface area contributed by atoms with Gasteiger partial charge in [-0.05, 0) is 61.6 Å². The van der Waals surface area contributed by atoms with Crippen molar-refractivity contribution in [3.05, 3.63) is 83.4 Å². The molecule has 4 rings (SSSR count). The molecule has 0 unspecified atom stereocenters. The molecule has 1 aliphatic heterocycles. The van der Waals surface area contributed by atoms with Gasteiger partial charge in [0.2, 0.25) is 0 Å². The zero-order valence-electron chi connectivity index (χ0n) is 19.0. The predicted molar refractivity (Wildman–Crippen MR) is 129 cm³/mol. The van der Waals surface area contributed by atoms with Gasteiger partial charge in [-0.1, -0.05) is 48.5 Å². The Morgan fingerprint density at radius 2 is 1.79 bits per heavy atom. The number of ether oxygens (including phenoxy) is 2. The summed E-state index contributed by atoms with van der Waals surface area (Å²) in [5.74, 6) is 1.01. The molecule has 2 amide bonds. The lowest BCUT2D eigenvalue weighted by Crippen LogP contribution is -2.39. The minimum absolute atomic E-state index is 0.0215. The number of nitrogens with one attached hydrogen (secondary N) is 1. The van der Waals surface area contributed by atoms with Gasteiger partial charge >= 0.3 is 0 Å². The Morgan fingerprint density at radius 1 is 1.03 bits per heavy atom. The van der Waals surface area contributed by atoms with Gasteiger partial charge in [0.15, 0.2) is 13.2 Å². The van der Waals surface area contributed by atoms with Crippen LogP contribution in [0.5, 0.6) is 11.5 Å². The first-order chi connectivity index (χ1) is 16.0. The summed E-state index contributed by atoms with van der Waals surface area (Å²) in [6.07, 6.45) is 1.71. The average molecular weight is 445 g/mol. The van der Waals surface area contributed by atoms with Gasteiger partial charge in [-0.25, -0.2) is 0 Å². The highest BCUT2D eigenvalue weighted by molar-refractivity contribution is 5.99. The summed E-state index contributed by atoms with van der Waals surface area (Å²) in [7, 11) is 0. The number of hydrogen-bond acceptors (Lipinski definition) is 4. The van der Waals surface area contributed by atoms with Gasteiger partial charge in [0.1, 0.15) is 11.5 Å². The van der Waals surface area contributed by atoms with Gasteiger partial charge in [0.05, 0.1) is 5.69 Å². The van der Waals surface area contributed by atoms with E-state index < -0.39 is 0 Å². The van der Waals surface area contributed by atoms with Crippen LogP contribution in [0, 0.1) is 13.8 Å². The number of carbonyl (C=O) groups is 2. The number of hydrogen-bond donors (Lipinski definition) is 1. The number of nitrogens with zero attached hydrogens (tertiary/aromatic N) is 1. The lowest BCUT2D eigenvalue weighted by atomic mass is 10.1. The Balaban J connectivity index is 1.40. The third-order valence-corrected chi connectivity index (χ3v) is 5.63. The molecule has 0 aromatic heterocycles. The zero-order chi connectivity index (χ0) is 23.2. The maximum Gasteiger partial charge on any atom is 0.265 e. The molecule has 0 saturated carbocycles. The van der Waals surface area contributed by atoms with E-state index in [0.29, 0.717) is 23.7 Å². The third kappa shape index (κ3) is 5.52. The second-order valence-corrected chi connectivity index (χ2v) is 8.16. The summed E-state index contributed by atoms with van der Waals surface area (Å²) < 4.78 is 11.3. The summed E-state index contributed by atoms with van der Waals surface area (Å²) in [6.45, 7) is 4.41. The van der Waals surface area contributed by atoms with E-state index in [9.17, 15) is 9.59 Å². The predicted octanol–water partition coefficient (Wildman–Crippen LogP) is 4.68. The number of anilines is 2. The second-order valence-electron chi connectivity index (χ2n) is 8.16. The lowest BCUT2D eigenvalue weighted by Gasteiger charge is -2.30. The molecule has 0 bridgehead atoms. The van der Waals surface area contributed by atoms with Crippen LogP contribution >= 0.6 is 0 Å². The smallest absolute Gasteiger partial charge is 0.265 e. The largest absolute Gasteiger partial charge is 0.483 e. The number of carbonyl (C=O) groups excluding carboxylic acids is 2. The van der Waals surface area contributed by atoms with Crippen molar-refractivity contribution in [3.8, 4) is 11.5 Å². The third-order valence-electron chi connectivity index (χ3n) is 5.63. The van der Waals surface area contributed by atoms with Crippen molar-refractivity contribution < 1.29 is 19.1 Å². The SMILES string of the molecule is Cc1cccc(C)c1OCC(=O)Nc1ccc2c(c1)N(CCCc1ccccc1)C(=O)CO2. The van der Waals surface area contributed by atoms with E-state index in [1.807, 2.05) is 50.2 Å². The van der Waals surface area contributed by atoms with Crippen molar-refractivity contribution in [2.45, 2.75) is 26.7 Å². The van der Waals surface area contributed by atoms with Crippen LogP contribution in [0.4, 0.5) is 11.4 Å². The fraction of sp³-hybridized carbons (Fsp3) is 0.259. The van der Waals surface area contributed by atoms with Gasteiger partial charge in [0, 0.05) is 12.2 Å². The van der Waals surface area contributed by atoms with Crippen LogP contribution in [-0.4, -0.2) is 31.6 Å². The Morgan fingerprint density at radius 3 is 2.55 bits per heavy atom. The van der Waals surface area contributed by atoms with E-state index in [-0.39, 0.29) is 25.0 Å². The Hall–Kier alpha value is -3.80. The first kappa shape index (κ1) is 22.4. The van der Waals surface area contributed by atoms with E-state index in [1.54, 1.807) is 23.1 Å². The zero-order valence-corrected chi connectivity index (χ0v) is 19.0. The van der Waals surface area contributed by atoms with E-state index in [4.69, 9.17) is 9.47 Å². The Kier molecular flexibility index (Phi) is 6.93. The number of para-hydroxylation sites is 1. The van der Waals surface area contributed by atoms with Crippen molar-refractivity contribution in [1.82, 2.24) is 0 Å². The highest BCUT2D eigenvalue weighted by atomic mass is 16.5. The molecular weight excluding hydrogens is 416 g/mol. The number of aryl methyl sites for hydroxylation is 3. The summed E-state index contributed by atoms with van der Waals surface area (Å²) >= 11 is 0. The molecule has 3 aromatic carbocycles. The molecule has 0 spiro atoms. The van der Waals surface area contributed by atoms with E-state index >= 15 is 0 Å². The normalized spacial score (nSPS) is 12.7. The van der Waals surface area contributed by atoms with Crippen LogP contribution < -0.4 is 19.7 Å². The van der Waals surface area contributed by atoms with Gasteiger partial charge in [-0.15, -0.1) is 0 Å². The van der Waals surface area contributed by atoms with Crippen molar-refractivity contribution in [1.29, 1.82) is 0 Å². The monoisotopic (exact) mass is 444 g/mol. The number of amides is 2. The fourth-order valence-corrected chi connectivity index (χ4v) is 3.97. The lowest BCUT2D eigenvalue weighted by molar-refractivity contribution is -0.121. The van der Waals surface area contributed by atoms with Crippen LogP contribution in [0.3, 0.4) is 0 Å². The topological polar surface area (TPSA) is 67.9 Å². The number of fused-ring (bicyclic) bond motifs is 1. The van der Waals surface area contributed by atoms with Crippen molar-refractivity contribution >= 4 is 23.2 Å². The molecule has 1 N–H and O–H groups in total. The van der Waals surface area contributed by atoms with Crippen molar-refractivity contribution in [3.63, 3.8) is 0 Å². The minimum Gasteiger partial charge on any atom is -0.483 e. The van der Waals surface area contributed by atoms with Crippen molar-refractivity contribution in [2.24, 2.45) is 0 Å². The van der Waals surface area contributed by atoms with Crippen LogP contribution in [-0.2, 0) is 16.0 Å². The molecule has 0 aliphatic carbocycles. The highest BCUT2D eigenvalue weighted by Gasteiger charge is 2.25. The quantitative estimate of drug-likeness (QED) is 0.548. The van der Waals surface area contributed by atoms with Crippen molar-refractivity contribution in [2.75, 3.05) is 30.0 Å². The summed E-state index contributed by atoms with van der Waals surface area (Å²) in [5.41, 5.74) is 4.48. The summed E-state index contributed by atoms with van der Waals surface area (Å²) in [4.78, 5) is 26.8. The first-order valence-corrected chi connectivity index (χ1v) is 11.1. The molecule has 0 atom stereocenters. The molecule has 6 heteroatoms. The minimum atomic E-state index is -0.267. The highest BCUT2D eigenvalue weighted by Crippen LogP contribution is 2.35. The van der Waals surface area contributed by atoms with E-state index in [1.165, 1.54) is 5.56 Å². The standard InChI is InChI=1S/C27H28N2O4/c1-19-8-6-9-20(2)27(19)33-17-25(30)28-22-13-14-24-23(16-22)29(26(31)18-32-24)15-7-12-21-10-4-3-5-11-21/h3-6,8-11,13-14,16H,7,12,15,17-18H2,1-2H3,(H,28,30). The molecule has 3 aromatic rings. The van der Waals surface area contributed by atoms with Crippen LogP contribution in [0.2, 0.25) is 0 Å². The molecule has 0 radical (unpaired) electrons. The number of rotatable bonds is 8. The molecular formula is C27H28N2O4. The molecule has 0 fully saturated rings. The first-order valence-electron chi connectivity index (χ1n) is 11.1. The molecule has 0 saturated heterocycles. The summed E-state index contributed by atoms with van der Waals surface area (Å²) in [5, 5.41) is 2.86. The summed E-state index contributed by atoms with van der Waals surface area (Å²) in [6, 6.07) is 21.4. The molecule has 1 heterocycles.